The average Bonchev–Trinajstić information content (AvgIpc) is 3.50. The lowest BCUT2D eigenvalue weighted by atomic mass is 9.91. The number of amides is 1. The van der Waals surface area contributed by atoms with Gasteiger partial charge in [0.2, 0.25) is 0 Å². The summed E-state index contributed by atoms with van der Waals surface area (Å²) in [5.41, 5.74) is 4.72. The molecule has 1 aromatic carbocycles. The van der Waals surface area contributed by atoms with Crippen LogP contribution >= 0.6 is 0 Å². The lowest BCUT2D eigenvalue weighted by Crippen LogP contribution is -2.28. The molecular weight excluding hydrogens is 414 g/mol. The second kappa shape index (κ2) is 9.54. The Morgan fingerprint density at radius 1 is 1.27 bits per heavy atom. The van der Waals surface area contributed by atoms with Gasteiger partial charge in [0, 0.05) is 31.7 Å². The smallest absolute Gasteiger partial charge is 0.253 e. The third-order valence-corrected chi connectivity index (χ3v) is 6.34. The van der Waals surface area contributed by atoms with Crippen molar-refractivity contribution < 1.29 is 4.79 Å². The summed E-state index contributed by atoms with van der Waals surface area (Å²) in [5.74, 6) is 0.763. The maximum Gasteiger partial charge on any atom is 0.253 e. The summed E-state index contributed by atoms with van der Waals surface area (Å²) in [7, 11) is 2.12. The number of H-pyrrole nitrogens is 1. The third-order valence-electron chi connectivity index (χ3n) is 6.34. The fourth-order valence-electron chi connectivity index (χ4n) is 4.68. The SMILES string of the molecule is CN(Cc1nc2c(C(=O)NCCCn3ccnc3)cccc2[nH]1)C1CCCc2cccnc21. The molecule has 33 heavy (non-hydrogen) atoms. The minimum Gasteiger partial charge on any atom is -0.352 e. The van der Waals surface area contributed by atoms with Crippen molar-refractivity contribution in [1.82, 2.24) is 34.7 Å². The molecule has 170 valence electrons. The maximum absolute atomic E-state index is 12.8. The number of rotatable bonds is 8. The highest BCUT2D eigenvalue weighted by Gasteiger charge is 2.25. The quantitative estimate of drug-likeness (QED) is 0.407. The van der Waals surface area contributed by atoms with Gasteiger partial charge in [0.15, 0.2) is 0 Å². The molecule has 0 aliphatic heterocycles. The number of nitrogens with zero attached hydrogens (tertiary/aromatic N) is 5. The summed E-state index contributed by atoms with van der Waals surface area (Å²) < 4.78 is 2.00. The number of hydrogen-bond donors (Lipinski definition) is 2. The predicted molar refractivity (Wildman–Crippen MR) is 127 cm³/mol. The molecule has 1 aliphatic carbocycles. The number of aromatic amines is 1. The number of nitrogens with one attached hydrogen (secondary N) is 2. The van der Waals surface area contributed by atoms with Gasteiger partial charge in [-0.1, -0.05) is 12.1 Å². The Labute approximate surface area is 193 Å². The fraction of sp³-hybridized carbons (Fsp3) is 0.360. The van der Waals surface area contributed by atoms with E-state index >= 15 is 0 Å². The average molecular weight is 444 g/mol. The minimum absolute atomic E-state index is 0.0944. The van der Waals surface area contributed by atoms with Crippen LogP contribution in [0.5, 0.6) is 0 Å². The number of pyridine rings is 1. The highest BCUT2D eigenvalue weighted by molar-refractivity contribution is 6.04. The first-order valence-electron chi connectivity index (χ1n) is 11.5. The van der Waals surface area contributed by atoms with Crippen LogP contribution in [0.4, 0.5) is 0 Å². The zero-order chi connectivity index (χ0) is 22.6. The van der Waals surface area contributed by atoms with Crippen LogP contribution in [0.25, 0.3) is 11.0 Å². The molecule has 5 rings (SSSR count). The Morgan fingerprint density at radius 3 is 3.09 bits per heavy atom. The van der Waals surface area contributed by atoms with Crippen molar-refractivity contribution in [1.29, 1.82) is 0 Å². The normalized spacial score (nSPS) is 15.6. The topological polar surface area (TPSA) is 91.7 Å². The van der Waals surface area contributed by atoms with Crippen LogP contribution in [-0.4, -0.2) is 48.9 Å². The third kappa shape index (κ3) is 4.66. The molecule has 1 atom stereocenters. The molecule has 4 aromatic rings. The minimum atomic E-state index is -0.0944. The summed E-state index contributed by atoms with van der Waals surface area (Å²) in [6.07, 6.45) is 11.5. The number of para-hydroxylation sites is 1. The molecule has 0 bridgehead atoms. The number of aromatic nitrogens is 5. The molecule has 0 fully saturated rings. The summed E-state index contributed by atoms with van der Waals surface area (Å²) >= 11 is 0. The van der Waals surface area contributed by atoms with Crippen molar-refractivity contribution in [2.75, 3.05) is 13.6 Å². The Balaban J connectivity index is 1.26. The largest absolute Gasteiger partial charge is 0.352 e. The van der Waals surface area contributed by atoms with E-state index in [1.54, 1.807) is 12.5 Å². The molecule has 1 amide bonds. The van der Waals surface area contributed by atoms with Crippen LogP contribution in [0.3, 0.4) is 0 Å². The van der Waals surface area contributed by atoms with Gasteiger partial charge >= 0.3 is 0 Å². The molecule has 0 saturated carbocycles. The van der Waals surface area contributed by atoms with Gasteiger partial charge in [-0.25, -0.2) is 9.97 Å². The van der Waals surface area contributed by atoms with E-state index in [4.69, 9.17) is 4.98 Å². The van der Waals surface area contributed by atoms with Crippen molar-refractivity contribution in [2.24, 2.45) is 0 Å². The van der Waals surface area contributed by atoms with E-state index in [9.17, 15) is 4.79 Å². The van der Waals surface area contributed by atoms with Crippen LogP contribution in [0.15, 0.2) is 55.2 Å². The number of benzene rings is 1. The van der Waals surface area contributed by atoms with Crippen molar-refractivity contribution in [3.8, 4) is 0 Å². The zero-order valence-electron chi connectivity index (χ0n) is 18.9. The van der Waals surface area contributed by atoms with Crippen molar-refractivity contribution in [2.45, 2.75) is 44.8 Å². The molecule has 1 unspecified atom stereocenters. The first kappa shape index (κ1) is 21.3. The maximum atomic E-state index is 12.8. The van der Waals surface area contributed by atoms with Gasteiger partial charge in [0.1, 0.15) is 11.3 Å². The van der Waals surface area contributed by atoms with Crippen molar-refractivity contribution in [3.05, 3.63) is 77.9 Å². The number of carbonyl (C=O) groups excluding carboxylic acids is 1. The number of imidazole rings is 2. The zero-order valence-corrected chi connectivity index (χ0v) is 18.9. The molecule has 3 aromatic heterocycles. The lowest BCUT2D eigenvalue weighted by Gasteiger charge is -2.31. The Hall–Kier alpha value is -3.52. The van der Waals surface area contributed by atoms with Gasteiger partial charge in [-0.3, -0.25) is 14.7 Å². The second-order valence-corrected chi connectivity index (χ2v) is 8.67. The van der Waals surface area contributed by atoms with E-state index in [2.05, 4.69) is 38.3 Å². The summed E-state index contributed by atoms with van der Waals surface area (Å²) in [6, 6.07) is 10.2. The number of hydrogen-bond acceptors (Lipinski definition) is 5. The predicted octanol–water partition coefficient (Wildman–Crippen LogP) is 3.48. The molecule has 2 N–H and O–H groups in total. The first-order valence-corrected chi connectivity index (χ1v) is 11.5. The van der Waals surface area contributed by atoms with Crippen molar-refractivity contribution >= 4 is 16.9 Å². The summed E-state index contributed by atoms with van der Waals surface area (Å²) in [5, 5.41) is 3.02. The van der Waals surface area contributed by atoms with Gasteiger partial charge in [-0.05, 0) is 56.5 Å². The lowest BCUT2D eigenvalue weighted by molar-refractivity contribution is 0.0954. The molecule has 3 heterocycles. The van der Waals surface area contributed by atoms with E-state index in [1.807, 2.05) is 41.2 Å². The van der Waals surface area contributed by atoms with Gasteiger partial charge < -0.3 is 14.9 Å². The van der Waals surface area contributed by atoms with Crippen LogP contribution in [0.1, 0.15) is 52.7 Å². The monoisotopic (exact) mass is 443 g/mol. The Morgan fingerprint density at radius 2 is 2.21 bits per heavy atom. The summed E-state index contributed by atoms with van der Waals surface area (Å²) in [4.78, 5) is 32.1. The van der Waals surface area contributed by atoms with Crippen LogP contribution in [-0.2, 0) is 19.5 Å². The highest BCUT2D eigenvalue weighted by atomic mass is 16.1. The number of aryl methyl sites for hydroxylation is 2. The molecule has 0 saturated heterocycles. The van der Waals surface area contributed by atoms with E-state index in [1.165, 1.54) is 17.7 Å². The van der Waals surface area contributed by atoms with E-state index in [0.717, 1.165) is 42.7 Å². The molecule has 8 nitrogen and oxygen atoms in total. The standard InChI is InChI=1S/C25H29N7O/c1-31(21-10-2-6-18-7-4-11-27-23(18)21)16-22-29-20-9-3-8-19(24(20)30-22)25(33)28-12-5-14-32-15-13-26-17-32/h3-4,7-9,11,13,15,17,21H,2,5-6,10,12,14,16H2,1H3,(H,28,33)(H,29,30). The molecule has 8 heteroatoms. The Bertz CT molecular complexity index is 1230. The molecule has 0 radical (unpaired) electrons. The highest BCUT2D eigenvalue weighted by Crippen LogP contribution is 2.32. The van der Waals surface area contributed by atoms with E-state index in [0.29, 0.717) is 18.7 Å². The van der Waals surface area contributed by atoms with Crippen molar-refractivity contribution in [3.63, 3.8) is 0 Å². The van der Waals surface area contributed by atoms with Gasteiger partial charge in [0.05, 0.1) is 35.7 Å². The first-order chi connectivity index (χ1) is 16.2. The summed E-state index contributed by atoms with van der Waals surface area (Å²) in [6.45, 7) is 2.09. The van der Waals surface area contributed by atoms with Gasteiger partial charge in [-0.15, -0.1) is 0 Å². The van der Waals surface area contributed by atoms with Gasteiger partial charge in [0.25, 0.3) is 5.91 Å². The van der Waals surface area contributed by atoms with Crippen LogP contribution in [0.2, 0.25) is 0 Å². The molecule has 0 spiro atoms. The molecule has 1 aliphatic rings. The van der Waals surface area contributed by atoms with Crippen LogP contribution in [0, 0.1) is 0 Å². The van der Waals surface area contributed by atoms with Gasteiger partial charge in [-0.2, -0.15) is 0 Å². The molecular formula is C25H29N7O. The fourth-order valence-corrected chi connectivity index (χ4v) is 4.68. The Kier molecular flexibility index (Phi) is 6.17. The van der Waals surface area contributed by atoms with E-state index in [-0.39, 0.29) is 11.9 Å². The second-order valence-electron chi connectivity index (χ2n) is 8.67. The van der Waals surface area contributed by atoms with Crippen LogP contribution < -0.4 is 5.32 Å². The van der Waals surface area contributed by atoms with E-state index < -0.39 is 0 Å². The number of carbonyl (C=O) groups is 1. The number of fused-ring (bicyclic) bond motifs is 2.